The Balaban J connectivity index is 2.24. The van der Waals surface area contributed by atoms with Gasteiger partial charge in [-0.1, -0.05) is 26.7 Å². The van der Waals surface area contributed by atoms with Gasteiger partial charge in [-0.05, 0) is 32.1 Å². The maximum Gasteiger partial charge on any atom is 0.308 e. The van der Waals surface area contributed by atoms with E-state index in [1.54, 1.807) is 0 Å². The van der Waals surface area contributed by atoms with Crippen molar-refractivity contribution >= 4 is 5.97 Å². The Bertz CT molecular complexity index is 171. The van der Waals surface area contributed by atoms with Crippen molar-refractivity contribution in [2.45, 2.75) is 64.9 Å². The molecule has 0 aromatic carbocycles. The minimum atomic E-state index is 0.0127. The summed E-state index contributed by atoms with van der Waals surface area (Å²) in [5.41, 5.74) is 0. The molecule has 1 aliphatic rings. The van der Waals surface area contributed by atoms with Crippen molar-refractivity contribution in [2.75, 3.05) is 0 Å². The zero-order valence-electron chi connectivity index (χ0n) is 9.42. The predicted octanol–water partition coefficient (Wildman–Crippen LogP) is 3.30. The summed E-state index contributed by atoms with van der Waals surface area (Å²) in [7, 11) is 0. The van der Waals surface area contributed by atoms with Crippen molar-refractivity contribution in [2.24, 2.45) is 5.92 Å². The van der Waals surface area contributed by atoms with Gasteiger partial charge in [0, 0.05) is 0 Å². The van der Waals surface area contributed by atoms with Crippen molar-refractivity contribution in [3.05, 3.63) is 0 Å². The van der Waals surface area contributed by atoms with Crippen LogP contribution in [0.4, 0.5) is 0 Å². The SMILES string of the molecule is CCCC(C)C(=O)OC1CCCCC1. The number of rotatable bonds is 4. The second kappa shape index (κ2) is 6.05. The number of esters is 1. The van der Waals surface area contributed by atoms with Crippen molar-refractivity contribution < 1.29 is 9.53 Å². The summed E-state index contributed by atoms with van der Waals surface area (Å²) in [6, 6.07) is 0. The average Bonchev–Trinajstić information content (AvgIpc) is 2.19. The monoisotopic (exact) mass is 198 g/mol. The Hall–Kier alpha value is -0.530. The van der Waals surface area contributed by atoms with Gasteiger partial charge in [0.05, 0.1) is 5.92 Å². The molecule has 0 saturated heterocycles. The molecule has 2 nitrogen and oxygen atoms in total. The van der Waals surface area contributed by atoms with Crippen molar-refractivity contribution in [3.63, 3.8) is 0 Å². The van der Waals surface area contributed by atoms with Crippen LogP contribution in [0, 0.1) is 5.92 Å². The third-order valence-electron chi connectivity index (χ3n) is 2.96. The largest absolute Gasteiger partial charge is 0.462 e. The molecule has 1 atom stereocenters. The highest BCUT2D eigenvalue weighted by Crippen LogP contribution is 2.21. The number of hydrogen-bond donors (Lipinski definition) is 0. The van der Waals surface area contributed by atoms with E-state index < -0.39 is 0 Å². The third kappa shape index (κ3) is 3.69. The number of ether oxygens (including phenoxy) is 1. The van der Waals surface area contributed by atoms with Crippen LogP contribution in [0.2, 0.25) is 0 Å². The number of carbonyl (C=O) groups is 1. The molecule has 0 spiro atoms. The van der Waals surface area contributed by atoms with Crippen LogP contribution in [0.15, 0.2) is 0 Å². The van der Waals surface area contributed by atoms with Gasteiger partial charge in [0.25, 0.3) is 0 Å². The van der Waals surface area contributed by atoms with Gasteiger partial charge in [-0.3, -0.25) is 4.79 Å². The van der Waals surface area contributed by atoms with Crippen molar-refractivity contribution in [3.8, 4) is 0 Å². The van der Waals surface area contributed by atoms with Gasteiger partial charge in [-0.2, -0.15) is 0 Å². The lowest BCUT2D eigenvalue weighted by molar-refractivity contribution is -0.155. The van der Waals surface area contributed by atoms with Gasteiger partial charge in [-0.15, -0.1) is 0 Å². The van der Waals surface area contributed by atoms with Gasteiger partial charge >= 0.3 is 5.97 Å². The van der Waals surface area contributed by atoms with Crippen LogP contribution < -0.4 is 0 Å². The summed E-state index contributed by atoms with van der Waals surface area (Å²) in [5.74, 6) is 0.0978. The van der Waals surface area contributed by atoms with E-state index in [0.29, 0.717) is 0 Å². The van der Waals surface area contributed by atoms with Crippen LogP contribution in [-0.2, 0) is 9.53 Å². The minimum absolute atomic E-state index is 0.0127. The van der Waals surface area contributed by atoms with E-state index in [0.717, 1.165) is 25.7 Å². The smallest absolute Gasteiger partial charge is 0.308 e. The summed E-state index contributed by atoms with van der Waals surface area (Å²) in [5, 5.41) is 0. The predicted molar refractivity (Wildman–Crippen MR) is 57.0 cm³/mol. The molecule has 82 valence electrons. The summed E-state index contributed by atoms with van der Waals surface area (Å²) in [4.78, 5) is 11.6. The topological polar surface area (TPSA) is 26.3 Å². The van der Waals surface area contributed by atoms with Crippen LogP contribution in [-0.4, -0.2) is 12.1 Å². The van der Waals surface area contributed by atoms with E-state index in [4.69, 9.17) is 4.74 Å². The van der Waals surface area contributed by atoms with Crippen molar-refractivity contribution in [1.82, 2.24) is 0 Å². The molecule has 1 aliphatic carbocycles. The first-order valence-corrected chi connectivity index (χ1v) is 5.94. The molecular formula is C12H22O2. The molecule has 0 heterocycles. The lowest BCUT2D eigenvalue weighted by atomic mass is 9.97. The molecule has 1 rings (SSSR count). The van der Waals surface area contributed by atoms with Crippen LogP contribution in [0.3, 0.4) is 0 Å². The normalized spacial score (nSPS) is 20.4. The zero-order chi connectivity index (χ0) is 10.4. The molecule has 0 bridgehead atoms. The maximum absolute atomic E-state index is 11.6. The second-order valence-corrected chi connectivity index (χ2v) is 4.39. The Labute approximate surface area is 87.0 Å². The van der Waals surface area contributed by atoms with Gasteiger partial charge in [0.15, 0.2) is 0 Å². The fourth-order valence-electron chi connectivity index (χ4n) is 2.01. The molecule has 0 radical (unpaired) electrons. The fraction of sp³-hybridized carbons (Fsp3) is 0.917. The van der Waals surface area contributed by atoms with E-state index in [9.17, 15) is 4.79 Å². The highest BCUT2D eigenvalue weighted by atomic mass is 16.5. The van der Waals surface area contributed by atoms with Gasteiger partial charge < -0.3 is 4.74 Å². The molecule has 0 aromatic rings. The first kappa shape index (κ1) is 11.5. The van der Waals surface area contributed by atoms with Gasteiger partial charge in [-0.25, -0.2) is 0 Å². The fourth-order valence-corrected chi connectivity index (χ4v) is 2.01. The van der Waals surface area contributed by atoms with E-state index in [2.05, 4.69) is 6.92 Å². The molecule has 1 saturated carbocycles. The highest BCUT2D eigenvalue weighted by Gasteiger charge is 2.20. The third-order valence-corrected chi connectivity index (χ3v) is 2.96. The molecule has 1 fully saturated rings. The second-order valence-electron chi connectivity index (χ2n) is 4.39. The number of carbonyl (C=O) groups excluding carboxylic acids is 1. The Morgan fingerprint density at radius 2 is 2.00 bits per heavy atom. The molecule has 0 N–H and O–H groups in total. The van der Waals surface area contributed by atoms with E-state index >= 15 is 0 Å². The molecule has 1 unspecified atom stereocenters. The summed E-state index contributed by atoms with van der Waals surface area (Å²) in [6.07, 6.45) is 8.12. The van der Waals surface area contributed by atoms with E-state index in [-0.39, 0.29) is 18.0 Å². The number of hydrogen-bond acceptors (Lipinski definition) is 2. The van der Waals surface area contributed by atoms with Gasteiger partial charge in [0.1, 0.15) is 6.10 Å². The van der Waals surface area contributed by atoms with E-state index in [1.165, 1.54) is 19.3 Å². The highest BCUT2D eigenvalue weighted by molar-refractivity contribution is 5.72. The molecule has 0 amide bonds. The minimum Gasteiger partial charge on any atom is -0.462 e. The van der Waals surface area contributed by atoms with Gasteiger partial charge in [0.2, 0.25) is 0 Å². The quantitative estimate of drug-likeness (QED) is 0.648. The molecular weight excluding hydrogens is 176 g/mol. The zero-order valence-corrected chi connectivity index (χ0v) is 9.42. The summed E-state index contributed by atoms with van der Waals surface area (Å²) < 4.78 is 5.47. The first-order valence-electron chi connectivity index (χ1n) is 5.94. The first-order chi connectivity index (χ1) is 6.74. The van der Waals surface area contributed by atoms with E-state index in [1.807, 2.05) is 6.92 Å². The Morgan fingerprint density at radius 3 is 2.57 bits per heavy atom. The summed E-state index contributed by atoms with van der Waals surface area (Å²) in [6.45, 7) is 4.07. The molecule has 2 heteroatoms. The van der Waals surface area contributed by atoms with Crippen molar-refractivity contribution in [1.29, 1.82) is 0 Å². The molecule has 0 aromatic heterocycles. The molecule has 14 heavy (non-hydrogen) atoms. The Kier molecular flexibility index (Phi) is 4.99. The molecule has 0 aliphatic heterocycles. The standard InChI is InChI=1S/C12H22O2/c1-3-7-10(2)12(13)14-11-8-5-4-6-9-11/h10-11H,3-9H2,1-2H3. The Morgan fingerprint density at radius 1 is 1.36 bits per heavy atom. The van der Waals surface area contributed by atoms with Crippen LogP contribution in [0.25, 0.3) is 0 Å². The lowest BCUT2D eigenvalue weighted by Gasteiger charge is -2.23. The van der Waals surface area contributed by atoms with Crippen LogP contribution in [0.5, 0.6) is 0 Å². The van der Waals surface area contributed by atoms with Crippen LogP contribution in [0.1, 0.15) is 58.8 Å². The summed E-state index contributed by atoms with van der Waals surface area (Å²) >= 11 is 0. The maximum atomic E-state index is 11.6. The average molecular weight is 198 g/mol. The van der Waals surface area contributed by atoms with Crippen LogP contribution >= 0.6 is 0 Å². The lowest BCUT2D eigenvalue weighted by Crippen LogP contribution is -2.24.